The molecule has 4 N–H and O–H groups in total. The second-order valence-electron chi connectivity index (χ2n) is 5.60. The van der Waals surface area contributed by atoms with E-state index < -0.39 is 10.0 Å². The Morgan fingerprint density at radius 2 is 2.19 bits per heavy atom. The minimum absolute atomic E-state index is 0.000937. The van der Waals surface area contributed by atoms with Gasteiger partial charge in [0.1, 0.15) is 0 Å². The lowest BCUT2D eigenvalue weighted by Crippen LogP contribution is -3.17. The SMILES string of the molecule is C[C@H]1CCCC[NH+]1CC(=O)Nc1cccc(S(N)(=O)=O)c1. The third kappa shape index (κ3) is 4.52. The van der Waals surface area contributed by atoms with Crippen molar-refractivity contribution in [2.45, 2.75) is 37.1 Å². The summed E-state index contributed by atoms with van der Waals surface area (Å²) in [5.41, 5.74) is 0.454. The van der Waals surface area contributed by atoms with Crippen LogP contribution in [-0.2, 0) is 14.8 Å². The summed E-state index contributed by atoms with van der Waals surface area (Å²) in [6, 6.07) is 6.48. The molecule has 1 saturated heterocycles. The van der Waals surface area contributed by atoms with Gasteiger partial charge in [-0.1, -0.05) is 6.07 Å². The molecule has 0 bridgehead atoms. The monoisotopic (exact) mass is 312 g/mol. The quantitative estimate of drug-likeness (QED) is 0.714. The first-order chi connectivity index (χ1) is 9.86. The fourth-order valence-electron chi connectivity index (χ4n) is 2.68. The van der Waals surface area contributed by atoms with Crippen LogP contribution in [-0.4, -0.2) is 33.5 Å². The van der Waals surface area contributed by atoms with Crippen molar-refractivity contribution < 1.29 is 18.1 Å². The summed E-state index contributed by atoms with van der Waals surface area (Å²) in [5, 5.41) is 7.82. The van der Waals surface area contributed by atoms with Gasteiger partial charge < -0.3 is 10.2 Å². The predicted octanol–water partition coefficient (Wildman–Crippen LogP) is -0.270. The molecule has 2 atom stereocenters. The lowest BCUT2D eigenvalue weighted by molar-refractivity contribution is -0.920. The van der Waals surface area contributed by atoms with Gasteiger partial charge in [-0.2, -0.15) is 0 Å². The van der Waals surface area contributed by atoms with Crippen LogP contribution in [0.1, 0.15) is 26.2 Å². The maximum Gasteiger partial charge on any atom is 0.279 e. The van der Waals surface area contributed by atoms with E-state index in [-0.39, 0.29) is 10.8 Å². The van der Waals surface area contributed by atoms with Gasteiger partial charge in [0.15, 0.2) is 6.54 Å². The fraction of sp³-hybridized carbons (Fsp3) is 0.500. The number of benzene rings is 1. The number of nitrogens with two attached hydrogens (primary N) is 1. The molecular weight excluding hydrogens is 290 g/mol. The highest BCUT2D eigenvalue weighted by molar-refractivity contribution is 7.89. The van der Waals surface area contributed by atoms with Gasteiger partial charge in [0, 0.05) is 5.69 Å². The first kappa shape index (κ1) is 15.9. The Kier molecular flexibility index (Phi) is 4.97. The van der Waals surface area contributed by atoms with E-state index in [1.54, 1.807) is 12.1 Å². The van der Waals surface area contributed by atoms with Crippen LogP contribution in [0.25, 0.3) is 0 Å². The number of primary sulfonamides is 1. The molecule has 0 aliphatic carbocycles. The smallest absolute Gasteiger partial charge is 0.279 e. The Hall–Kier alpha value is -1.44. The van der Waals surface area contributed by atoms with E-state index >= 15 is 0 Å². The molecule has 1 aliphatic heterocycles. The number of amides is 1. The van der Waals surface area contributed by atoms with Crippen molar-refractivity contribution in [2.75, 3.05) is 18.4 Å². The van der Waals surface area contributed by atoms with Crippen LogP contribution in [0.5, 0.6) is 0 Å². The van der Waals surface area contributed by atoms with Crippen molar-refractivity contribution >= 4 is 21.6 Å². The van der Waals surface area contributed by atoms with E-state index in [4.69, 9.17) is 5.14 Å². The zero-order valence-electron chi connectivity index (χ0n) is 12.1. The number of hydrogen-bond acceptors (Lipinski definition) is 3. The number of nitrogens with one attached hydrogen (secondary N) is 2. The van der Waals surface area contributed by atoms with Gasteiger partial charge >= 0.3 is 0 Å². The number of carbonyl (C=O) groups excluding carboxylic acids is 1. The second-order valence-corrected chi connectivity index (χ2v) is 7.16. The van der Waals surface area contributed by atoms with Crippen LogP contribution in [0.2, 0.25) is 0 Å². The molecule has 1 aliphatic rings. The molecule has 1 aromatic rings. The molecule has 7 heteroatoms. The minimum Gasteiger partial charge on any atom is -0.325 e. The molecule has 6 nitrogen and oxygen atoms in total. The fourth-order valence-corrected chi connectivity index (χ4v) is 3.24. The van der Waals surface area contributed by atoms with Crippen molar-refractivity contribution in [3.05, 3.63) is 24.3 Å². The Morgan fingerprint density at radius 1 is 1.43 bits per heavy atom. The van der Waals surface area contributed by atoms with Crippen LogP contribution in [0.4, 0.5) is 5.69 Å². The third-order valence-corrected chi connectivity index (χ3v) is 4.83. The normalized spacial score (nSPS) is 22.8. The molecule has 1 aromatic carbocycles. The summed E-state index contributed by atoms with van der Waals surface area (Å²) in [6.07, 6.45) is 3.51. The zero-order valence-corrected chi connectivity index (χ0v) is 12.9. The topological polar surface area (TPSA) is 93.7 Å². The summed E-state index contributed by atoms with van der Waals surface area (Å²) in [5.74, 6) is -0.106. The van der Waals surface area contributed by atoms with Crippen molar-refractivity contribution in [3.63, 3.8) is 0 Å². The molecule has 1 fully saturated rings. The van der Waals surface area contributed by atoms with Crippen molar-refractivity contribution in [3.8, 4) is 0 Å². The lowest BCUT2D eigenvalue weighted by atomic mass is 10.0. The molecular formula is C14H22N3O3S+. The van der Waals surface area contributed by atoms with Gasteiger partial charge in [-0.3, -0.25) is 4.79 Å². The van der Waals surface area contributed by atoms with Crippen LogP contribution < -0.4 is 15.4 Å². The molecule has 1 amide bonds. The van der Waals surface area contributed by atoms with Gasteiger partial charge in [-0.25, -0.2) is 13.6 Å². The minimum atomic E-state index is -3.75. The predicted molar refractivity (Wildman–Crippen MR) is 80.5 cm³/mol. The van der Waals surface area contributed by atoms with E-state index in [1.807, 2.05) is 0 Å². The standard InChI is InChI=1S/C14H21N3O3S/c1-11-5-2-3-8-17(11)10-14(18)16-12-6-4-7-13(9-12)21(15,19)20/h4,6-7,9,11H,2-3,5,8,10H2,1H3,(H,16,18)(H2,15,19,20)/p+1/t11-/m0/s1. The van der Waals surface area contributed by atoms with Gasteiger partial charge in [-0.15, -0.1) is 0 Å². The lowest BCUT2D eigenvalue weighted by Gasteiger charge is -2.29. The van der Waals surface area contributed by atoms with E-state index in [0.29, 0.717) is 18.3 Å². The molecule has 2 rings (SSSR count). The average Bonchev–Trinajstić information content (AvgIpc) is 2.41. The van der Waals surface area contributed by atoms with Gasteiger partial charge in [-0.05, 0) is 44.4 Å². The molecule has 116 valence electrons. The molecule has 21 heavy (non-hydrogen) atoms. The van der Waals surface area contributed by atoms with Crippen LogP contribution >= 0.6 is 0 Å². The van der Waals surface area contributed by atoms with Crippen molar-refractivity contribution in [1.29, 1.82) is 0 Å². The highest BCUT2D eigenvalue weighted by Crippen LogP contribution is 2.13. The summed E-state index contributed by atoms with van der Waals surface area (Å²) in [4.78, 5) is 13.4. The Bertz CT molecular complexity index is 616. The summed E-state index contributed by atoms with van der Waals surface area (Å²) in [6.45, 7) is 3.57. The maximum atomic E-state index is 12.1. The number of sulfonamides is 1. The highest BCUT2D eigenvalue weighted by atomic mass is 32.2. The zero-order chi connectivity index (χ0) is 15.5. The van der Waals surface area contributed by atoms with E-state index in [1.165, 1.54) is 23.5 Å². The number of hydrogen-bond donors (Lipinski definition) is 3. The number of carbonyl (C=O) groups is 1. The molecule has 0 aromatic heterocycles. The van der Waals surface area contributed by atoms with E-state index in [2.05, 4.69) is 12.2 Å². The van der Waals surface area contributed by atoms with Gasteiger partial charge in [0.25, 0.3) is 5.91 Å². The van der Waals surface area contributed by atoms with Crippen molar-refractivity contribution in [1.82, 2.24) is 0 Å². The number of piperidine rings is 1. The maximum absolute atomic E-state index is 12.1. The van der Waals surface area contributed by atoms with E-state index in [0.717, 1.165) is 19.4 Å². The Labute approximate surface area is 125 Å². The molecule has 1 unspecified atom stereocenters. The summed E-state index contributed by atoms with van der Waals surface area (Å²) >= 11 is 0. The van der Waals surface area contributed by atoms with Gasteiger partial charge in [0.2, 0.25) is 10.0 Å². The first-order valence-electron chi connectivity index (χ1n) is 7.13. The van der Waals surface area contributed by atoms with Crippen LogP contribution in [0.15, 0.2) is 29.2 Å². The van der Waals surface area contributed by atoms with Crippen LogP contribution in [0.3, 0.4) is 0 Å². The van der Waals surface area contributed by atoms with Gasteiger partial charge in [0.05, 0.1) is 17.5 Å². The molecule has 0 spiro atoms. The first-order valence-corrected chi connectivity index (χ1v) is 8.68. The molecule has 0 radical (unpaired) electrons. The highest BCUT2D eigenvalue weighted by Gasteiger charge is 2.24. The molecule has 1 heterocycles. The number of anilines is 1. The number of likely N-dealkylation sites (tertiary alicyclic amines) is 1. The summed E-state index contributed by atoms with van der Waals surface area (Å²) in [7, 11) is -3.75. The summed E-state index contributed by atoms with van der Waals surface area (Å²) < 4.78 is 22.6. The average molecular weight is 312 g/mol. The Balaban J connectivity index is 1.99. The van der Waals surface area contributed by atoms with Crippen LogP contribution in [0, 0.1) is 0 Å². The third-order valence-electron chi connectivity index (χ3n) is 3.92. The van der Waals surface area contributed by atoms with Crippen molar-refractivity contribution in [2.24, 2.45) is 5.14 Å². The largest absolute Gasteiger partial charge is 0.325 e. The number of rotatable bonds is 4. The molecule has 0 saturated carbocycles. The number of quaternary nitrogens is 1. The van der Waals surface area contributed by atoms with E-state index in [9.17, 15) is 13.2 Å². The Morgan fingerprint density at radius 3 is 2.86 bits per heavy atom. The second kappa shape index (κ2) is 6.55.